The lowest BCUT2D eigenvalue weighted by atomic mass is 10.0. The Kier molecular flexibility index (Phi) is 4.86. The minimum Gasteiger partial charge on any atom is -0.489 e. The van der Waals surface area contributed by atoms with Crippen LogP contribution >= 0.6 is 11.6 Å². The molecule has 0 spiro atoms. The summed E-state index contributed by atoms with van der Waals surface area (Å²) in [6, 6.07) is 5.34. The molecule has 0 aliphatic carbocycles. The van der Waals surface area contributed by atoms with Gasteiger partial charge in [0, 0.05) is 6.04 Å². The smallest absolute Gasteiger partial charge is 0.324 e. The van der Waals surface area contributed by atoms with Crippen molar-refractivity contribution in [3.05, 3.63) is 28.8 Å². The first-order valence-corrected chi connectivity index (χ1v) is 6.94. The lowest BCUT2D eigenvalue weighted by Gasteiger charge is -2.14. The number of halogens is 1. The molecule has 0 radical (unpaired) electrons. The standard InChI is InChI=1S/C14H19ClN2O3/c1-8(2)20-13-5-4-9(6-10(13)15)11-7-12(17-16-11)14(18)19-3/h4-6,8,11-12,16-17H,7H2,1-3H3. The normalized spacial score (nSPS) is 22.1. The molecule has 2 N–H and O–H groups in total. The highest BCUT2D eigenvalue weighted by atomic mass is 35.5. The zero-order chi connectivity index (χ0) is 14.7. The molecule has 1 heterocycles. The van der Waals surface area contributed by atoms with Crippen molar-refractivity contribution in [1.82, 2.24) is 10.9 Å². The molecule has 1 aliphatic heterocycles. The minimum absolute atomic E-state index is 0.0182. The van der Waals surface area contributed by atoms with E-state index < -0.39 is 0 Å². The molecule has 0 bridgehead atoms. The van der Waals surface area contributed by atoms with Gasteiger partial charge in [-0.3, -0.25) is 4.79 Å². The number of benzene rings is 1. The van der Waals surface area contributed by atoms with Gasteiger partial charge >= 0.3 is 5.97 Å². The van der Waals surface area contributed by atoms with E-state index in [4.69, 9.17) is 21.1 Å². The van der Waals surface area contributed by atoms with Gasteiger partial charge in [0.15, 0.2) is 0 Å². The molecular formula is C14H19ClN2O3. The van der Waals surface area contributed by atoms with Crippen molar-refractivity contribution in [2.24, 2.45) is 0 Å². The first-order chi connectivity index (χ1) is 9.51. The SMILES string of the molecule is COC(=O)C1CC(c2ccc(OC(C)C)c(Cl)c2)NN1. The second-order valence-corrected chi connectivity index (χ2v) is 5.42. The maximum atomic E-state index is 11.5. The van der Waals surface area contributed by atoms with Gasteiger partial charge in [0.05, 0.1) is 18.2 Å². The van der Waals surface area contributed by atoms with Crippen molar-refractivity contribution in [2.45, 2.75) is 38.5 Å². The molecular weight excluding hydrogens is 280 g/mol. The van der Waals surface area contributed by atoms with Gasteiger partial charge in [0.1, 0.15) is 11.8 Å². The Labute approximate surface area is 123 Å². The summed E-state index contributed by atoms with van der Waals surface area (Å²) in [6.07, 6.45) is 0.696. The molecule has 1 fully saturated rings. The van der Waals surface area contributed by atoms with Gasteiger partial charge in [-0.1, -0.05) is 17.7 Å². The predicted molar refractivity (Wildman–Crippen MR) is 76.6 cm³/mol. The van der Waals surface area contributed by atoms with Crippen LogP contribution in [-0.4, -0.2) is 25.2 Å². The Hall–Kier alpha value is -1.30. The largest absolute Gasteiger partial charge is 0.489 e. The number of ether oxygens (including phenoxy) is 2. The molecule has 1 aliphatic rings. The molecule has 20 heavy (non-hydrogen) atoms. The van der Waals surface area contributed by atoms with Crippen LogP contribution in [0.1, 0.15) is 31.9 Å². The molecule has 1 saturated heterocycles. The van der Waals surface area contributed by atoms with Crippen molar-refractivity contribution >= 4 is 17.6 Å². The second-order valence-electron chi connectivity index (χ2n) is 5.01. The fourth-order valence-corrected chi connectivity index (χ4v) is 2.39. The second kappa shape index (κ2) is 6.43. The van der Waals surface area contributed by atoms with Crippen LogP contribution in [0.3, 0.4) is 0 Å². The highest BCUT2D eigenvalue weighted by molar-refractivity contribution is 6.32. The van der Waals surface area contributed by atoms with Crippen molar-refractivity contribution in [1.29, 1.82) is 0 Å². The van der Waals surface area contributed by atoms with E-state index in [9.17, 15) is 4.79 Å². The topological polar surface area (TPSA) is 59.6 Å². The Morgan fingerprint density at radius 2 is 2.15 bits per heavy atom. The molecule has 2 rings (SSSR count). The van der Waals surface area contributed by atoms with Crippen molar-refractivity contribution in [3.8, 4) is 5.75 Å². The van der Waals surface area contributed by atoms with Crippen LogP contribution in [0.2, 0.25) is 5.02 Å². The van der Waals surface area contributed by atoms with E-state index in [1.807, 2.05) is 32.0 Å². The van der Waals surface area contributed by atoms with Crippen LogP contribution in [0.5, 0.6) is 5.75 Å². The van der Waals surface area contributed by atoms with Crippen molar-refractivity contribution in [2.75, 3.05) is 7.11 Å². The first kappa shape index (κ1) is 15.1. The zero-order valence-corrected chi connectivity index (χ0v) is 12.5. The van der Waals surface area contributed by atoms with E-state index in [2.05, 4.69) is 10.9 Å². The average molecular weight is 299 g/mol. The molecule has 0 aromatic heterocycles. The summed E-state index contributed by atoms with van der Waals surface area (Å²) in [5, 5.41) is 0.569. The fourth-order valence-electron chi connectivity index (χ4n) is 2.15. The van der Waals surface area contributed by atoms with Crippen LogP contribution in [0, 0.1) is 0 Å². The van der Waals surface area contributed by atoms with E-state index in [1.165, 1.54) is 7.11 Å². The number of hydrazine groups is 1. The van der Waals surface area contributed by atoms with Gasteiger partial charge in [-0.2, -0.15) is 0 Å². The lowest BCUT2D eigenvalue weighted by Crippen LogP contribution is -2.36. The Balaban J connectivity index is 2.07. The number of carbonyl (C=O) groups excluding carboxylic acids is 1. The number of methoxy groups -OCH3 is 1. The van der Waals surface area contributed by atoms with E-state index in [0.717, 1.165) is 5.56 Å². The van der Waals surface area contributed by atoms with Gasteiger partial charge in [-0.15, -0.1) is 0 Å². The summed E-state index contributed by atoms with van der Waals surface area (Å²) >= 11 is 6.21. The molecule has 1 aromatic rings. The number of rotatable bonds is 4. The lowest BCUT2D eigenvalue weighted by molar-refractivity contribution is -0.142. The Morgan fingerprint density at radius 3 is 2.75 bits per heavy atom. The molecule has 5 nitrogen and oxygen atoms in total. The Morgan fingerprint density at radius 1 is 1.40 bits per heavy atom. The van der Waals surface area contributed by atoms with Gasteiger partial charge in [-0.25, -0.2) is 10.9 Å². The molecule has 2 unspecified atom stereocenters. The fraction of sp³-hybridized carbons (Fsp3) is 0.500. The molecule has 6 heteroatoms. The number of carbonyl (C=O) groups is 1. The summed E-state index contributed by atoms with van der Waals surface area (Å²) in [6.45, 7) is 3.90. The number of hydrogen-bond acceptors (Lipinski definition) is 5. The molecule has 110 valence electrons. The van der Waals surface area contributed by atoms with Gasteiger partial charge in [0.2, 0.25) is 0 Å². The summed E-state index contributed by atoms with van der Waals surface area (Å²) in [5.41, 5.74) is 7.00. The Bertz CT molecular complexity index is 493. The van der Waals surface area contributed by atoms with Crippen LogP contribution in [0.4, 0.5) is 0 Å². The molecule has 0 amide bonds. The molecule has 2 atom stereocenters. The van der Waals surface area contributed by atoms with E-state index in [1.54, 1.807) is 0 Å². The van der Waals surface area contributed by atoms with Gasteiger partial charge in [-0.05, 0) is 38.0 Å². The maximum Gasteiger partial charge on any atom is 0.324 e. The summed E-state index contributed by atoms with van der Waals surface area (Å²) in [4.78, 5) is 11.5. The number of esters is 1. The molecule has 1 aromatic carbocycles. The predicted octanol–water partition coefficient (Wildman–Crippen LogP) is 2.21. The third-order valence-corrected chi connectivity index (χ3v) is 3.41. The average Bonchev–Trinajstić information content (AvgIpc) is 2.89. The zero-order valence-electron chi connectivity index (χ0n) is 11.8. The highest BCUT2D eigenvalue weighted by Crippen LogP contribution is 2.31. The number of nitrogens with one attached hydrogen (secondary N) is 2. The number of hydrogen-bond donors (Lipinski definition) is 2. The first-order valence-electron chi connectivity index (χ1n) is 6.56. The van der Waals surface area contributed by atoms with Crippen LogP contribution in [0.15, 0.2) is 18.2 Å². The summed E-state index contributed by atoms with van der Waals surface area (Å²) in [5.74, 6) is 0.395. The minimum atomic E-state index is -0.338. The quantitative estimate of drug-likeness (QED) is 0.835. The third kappa shape index (κ3) is 3.42. The maximum absolute atomic E-state index is 11.5. The van der Waals surface area contributed by atoms with E-state index in [-0.39, 0.29) is 24.2 Å². The van der Waals surface area contributed by atoms with Crippen molar-refractivity contribution < 1.29 is 14.3 Å². The van der Waals surface area contributed by atoms with Crippen LogP contribution < -0.4 is 15.6 Å². The third-order valence-electron chi connectivity index (χ3n) is 3.11. The summed E-state index contributed by atoms with van der Waals surface area (Å²) < 4.78 is 10.3. The highest BCUT2D eigenvalue weighted by Gasteiger charge is 2.31. The van der Waals surface area contributed by atoms with Crippen LogP contribution in [-0.2, 0) is 9.53 Å². The summed E-state index contributed by atoms with van der Waals surface area (Å²) in [7, 11) is 1.38. The van der Waals surface area contributed by atoms with E-state index >= 15 is 0 Å². The molecule has 0 saturated carbocycles. The van der Waals surface area contributed by atoms with Crippen molar-refractivity contribution in [3.63, 3.8) is 0 Å². The monoisotopic (exact) mass is 298 g/mol. The van der Waals surface area contributed by atoms with Gasteiger partial charge < -0.3 is 9.47 Å². The van der Waals surface area contributed by atoms with Crippen LogP contribution in [0.25, 0.3) is 0 Å². The van der Waals surface area contributed by atoms with E-state index in [0.29, 0.717) is 17.2 Å². The van der Waals surface area contributed by atoms with Gasteiger partial charge in [0.25, 0.3) is 0 Å².